The number of halogens is 1. The molecule has 0 radical (unpaired) electrons. The van der Waals surface area contributed by atoms with Gasteiger partial charge in [0.05, 0.1) is 24.5 Å². The van der Waals surface area contributed by atoms with Crippen LogP contribution in [-0.4, -0.2) is 23.0 Å². The number of benzene rings is 2. The topological polar surface area (TPSA) is 55.0 Å². The third kappa shape index (κ3) is 2.38. The smallest absolute Gasteiger partial charge is 0.340 e. The summed E-state index contributed by atoms with van der Waals surface area (Å²) in [6.45, 7) is 1.98. The molecular formula is C16H13ClN2O2. The van der Waals surface area contributed by atoms with E-state index in [9.17, 15) is 4.79 Å². The lowest BCUT2D eigenvalue weighted by Crippen LogP contribution is -2.02. The maximum Gasteiger partial charge on any atom is 0.340 e. The van der Waals surface area contributed by atoms with Crippen LogP contribution in [-0.2, 0) is 4.74 Å². The largest absolute Gasteiger partial charge is 0.465 e. The number of aromatic amines is 1. The molecule has 1 aromatic heterocycles. The fourth-order valence-corrected chi connectivity index (χ4v) is 2.67. The Labute approximate surface area is 126 Å². The Morgan fingerprint density at radius 2 is 2.10 bits per heavy atom. The molecule has 21 heavy (non-hydrogen) atoms. The fourth-order valence-electron chi connectivity index (χ4n) is 2.33. The molecule has 0 bridgehead atoms. The quantitative estimate of drug-likeness (QED) is 0.728. The molecule has 0 saturated carbocycles. The van der Waals surface area contributed by atoms with Gasteiger partial charge in [-0.1, -0.05) is 23.7 Å². The lowest BCUT2D eigenvalue weighted by atomic mass is 10.0. The minimum Gasteiger partial charge on any atom is -0.465 e. The van der Waals surface area contributed by atoms with Crippen LogP contribution in [0.4, 0.5) is 0 Å². The van der Waals surface area contributed by atoms with Gasteiger partial charge >= 0.3 is 5.97 Å². The number of hydrogen-bond acceptors (Lipinski definition) is 3. The number of esters is 1. The van der Waals surface area contributed by atoms with Crippen LogP contribution in [0.1, 0.15) is 15.9 Å². The van der Waals surface area contributed by atoms with Crippen LogP contribution in [0.5, 0.6) is 0 Å². The molecule has 3 rings (SSSR count). The summed E-state index contributed by atoms with van der Waals surface area (Å²) in [6.07, 6.45) is 1.55. The van der Waals surface area contributed by atoms with E-state index in [1.54, 1.807) is 12.4 Å². The third-order valence-corrected chi connectivity index (χ3v) is 3.68. The second kappa shape index (κ2) is 5.22. The van der Waals surface area contributed by atoms with Gasteiger partial charge in [-0.15, -0.1) is 0 Å². The average Bonchev–Trinajstić information content (AvgIpc) is 2.93. The summed E-state index contributed by atoms with van der Waals surface area (Å²) in [7, 11) is 1.35. The zero-order chi connectivity index (χ0) is 15.0. The lowest BCUT2D eigenvalue weighted by molar-refractivity contribution is 0.0603. The van der Waals surface area contributed by atoms with E-state index >= 15 is 0 Å². The predicted molar refractivity (Wildman–Crippen MR) is 82.6 cm³/mol. The molecule has 0 fully saturated rings. The lowest BCUT2D eigenvalue weighted by Gasteiger charge is -2.08. The van der Waals surface area contributed by atoms with Gasteiger partial charge in [0.15, 0.2) is 0 Å². The molecule has 0 aliphatic carbocycles. The van der Waals surface area contributed by atoms with Crippen molar-refractivity contribution in [2.75, 3.05) is 7.11 Å². The molecular weight excluding hydrogens is 288 g/mol. The Bertz CT molecular complexity index is 839. The number of carbonyl (C=O) groups is 1. The molecule has 0 atom stereocenters. The standard InChI is InChI=1S/C16H13ClN2O2/c1-9-3-4-11(13(17)5-9)10-6-12(16(20)21-2)15-14(7-10)18-8-19-15/h3-8H,1-2H3,(H,18,19). The third-order valence-electron chi connectivity index (χ3n) is 3.36. The maximum atomic E-state index is 11.9. The van der Waals surface area contributed by atoms with Gasteiger partial charge in [0.1, 0.15) is 5.52 Å². The van der Waals surface area contributed by atoms with E-state index in [2.05, 4.69) is 9.97 Å². The van der Waals surface area contributed by atoms with Crippen molar-refractivity contribution in [2.24, 2.45) is 0 Å². The maximum absolute atomic E-state index is 11.9. The first-order valence-electron chi connectivity index (χ1n) is 6.42. The molecule has 2 aromatic carbocycles. The van der Waals surface area contributed by atoms with Crippen LogP contribution >= 0.6 is 11.6 Å². The van der Waals surface area contributed by atoms with Crippen molar-refractivity contribution in [2.45, 2.75) is 6.92 Å². The Morgan fingerprint density at radius 1 is 1.29 bits per heavy atom. The van der Waals surface area contributed by atoms with Crippen molar-refractivity contribution in [3.63, 3.8) is 0 Å². The number of carbonyl (C=O) groups excluding carboxylic acids is 1. The summed E-state index contributed by atoms with van der Waals surface area (Å²) >= 11 is 6.31. The number of rotatable bonds is 2. The highest BCUT2D eigenvalue weighted by Crippen LogP contribution is 2.32. The number of imidazole rings is 1. The van der Waals surface area contributed by atoms with Crippen molar-refractivity contribution in [1.29, 1.82) is 0 Å². The highest BCUT2D eigenvalue weighted by molar-refractivity contribution is 6.33. The van der Waals surface area contributed by atoms with Gasteiger partial charge in [-0.3, -0.25) is 0 Å². The van der Waals surface area contributed by atoms with Crippen molar-refractivity contribution in [3.8, 4) is 11.1 Å². The fraction of sp³-hybridized carbons (Fsp3) is 0.125. The second-order valence-corrected chi connectivity index (χ2v) is 5.20. The first-order chi connectivity index (χ1) is 10.1. The molecule has 0 aliphatic rings. The molecule has 0 aliphatic heterocycles. The van der Waals surface area contributed by atoms with E-state index in [1.165, 1.54) is 7.11 Å². The Hall–Kier alpha value is -2.33. The summed E-state index contributed by atoms with van der Waals surface area (Å²) in [5.74, 6) is -0.419. The van der Waals surface area contributed by atoms with Crippen LogP contribution in [0.15, 0.2) is 36.7 Å². The van der Waals surface area contributed by atoms with E-state index in [-0.39, 0.29) is 0 Å². The molecule has 3 aromatic rings. The minimum absolute atomic E-state index is 0.419. The normalized spacial score (nSPS) is 10.8. The highest BCUT2D eigenvalue weighted by atomic mass is 35.5. The van der Waals surface area contributed by atoms with Gasteiger partial charge in [0, 0.05) is 10.6 Å². The number of aromatic nitrogens is 2. The van der Waals surface area contributed by atoms with E-state index in [4.69, 9.17) is 16.3 Å². The molecule has 4 nitrogen and oxygen atoms in total. The Balaban J connectivity index is 2.25. The summed E-state index contributed by atoms with van der Waals surface area (Å²) in [5, 5.41) is 0.643. The number of methoxy groups -OCH3 is 1. The summed E-state index contributed by atoms with van der Waals surface area (Å²) in [6, 6.07) is 9.50. The van der Waals surface area contributed by atoms with Gasteiger partial charge in [0.2, 0.25) is 0 Å². The molecule has 0 unspecified atom stereocenters. The zero-order valence-electron chi connectivity index (χ0n) is 11.6. The van der Waals surface area contributed by atoms with E-state index in [0.29, 0.717) is 16.1 Å². The first-order valence-corrected chi connectivity index (χ1v) is 6.80. The summed E-state index contributed by atoms with van der Waals surface area (Å²) in [4.78, 5) is 19.1. The first kappa shape index (κ1) is 13.6. The van der Waals surface area contributed by atoms with Crippen molar-refractivity contribution < 1.29 is 9.53 Å². The Kier molecular flexibility index (Phi) is 3.39. The Morgan fingerprint density at radius 3 is 2.81 bits per heavy atom. The molecule has 1 heterocycles. The number of H-pyrrole nitrogens is 1. The second-order valence-electron chi connectivity index (χ2n) is 4.80. The number of aryl methyl sites for hydroxylation is 1. The average molecular weight is 301 g/mol. The molecule has 0 saturated heterocycles. The zero-order valence-corrected chi connectivity index (χ0v) is 12.4. The number of hydrogen-bond donors (Lipinski definition) is 1. The van der Waals surface area contributed by atoms with Crippen molar-refractivity contribution in [1.82, 2.24) is 9.97 Å². The number of nitrogens with one attached hydrogen (secondary N) is 1. The van der Waals surface area contributed by atoms with Gasteiger partial charge in [-0.25, -0.2) is 9.78 Å². The van der Waals surface area contributed by atoms with E-state index in [1.807, 2.05) is 31.2 Å². The van der Waals surface area contributed by atoms with Crippen LogP contribution < -0.4 is 0 Å². The van der Waals surface area contributed by atoms with Crippen LogP contribution in [0.2, 0.25) is 5.02 Å². The van der Waals surface area contributed by atoms with Gasteiger partial charge in [0.25, 0.3) is 0 Å². The molecule has 0 amide bonds. The van der Waals surface area contributed by atoms with Gasteiger partial charge in [-0.2, -0.15) is 0 Å². The molecule has 0 spiro atoms. The molecule has 106 valence electrons. The van der Waals surface area contributed by atoms with Crippen LogP contribution in [0.25, 0.3) is 22.2 Å². The van der Waals surface area contributed by atoms with E-state index in [0.717, 1.165) is 22.2 Å². The number of ether oxygens (including phenoxy) is 1. The van der Waals surface area contributed by atoms with Crippen molar-refractivity contribution >= 4 is 28.6 Å². The molecule has 1 N–H and O–H groups in total. The minimum atomic E-state index is -0.419. The predicted octanol–water partition coefficient (Wildman–Crippen LogP) is 3.98. The number of fused-ring (bicyclic) bond motifs is 1. The van der Waals surface area contributed by atoms with Crippen LogP contribution in [0, 0.1) is 6.92 Å². The molecule has 5 heteroatoms. The highest BCUT2D eigenvalue weighted by Gasteiger charge is 2.16. The van der Waals surface area contributed by atoms with Crippen molar-refractivity contribution in [3.05, 3.63) is 52.8 Å². The van der Waals surface area contributed by atoms with Crippen LogP contribution in [0.3, 0.4) is 0 Å². The number of nitrogens with zero attached hydrogens (tertiary/aromatic N) is 1. The van der Waals surface area contributed by atoms with Gasteiger partial charge < -0.3 is 9.72 Å². The van der Waals surface area contributed by atoms with Gasteiger partial charge in [-0.05, 0) is 36.2 Å². The summed E-state index contributed by atoms with van der Waals surface area (Å²) < 4.78 is 4.83. The SMILES string of the molecule is COC(=O)c1cc(-c2ccc(C)cc2Cl)cc2[nH]cnc12. The van der Waals surface area contributed by atoms with E-state index < -0.39 is 5.97 Å². The monoisotopic (exact) mass is 300 g/mol. The summed E-state index contributed by atoms with van der Waals surface area (Å²) in [5.41, 5.74) is 4.57.